The Kier molecular flexibility index (Phi) is 9.89. The van der Waals surface area contributed by atoms with Gasteiger partial charge in [-0.3, -0.25) is 9.59 Å². The highest BCUT2D eigenvalue weighted by Gasteiger charge is 2.47. The molecule has 200 valence electrons. The topological polar surface area (TPSA) is 98.7 Å². The number of carboxylic acid groups (broad SMARTS) is 1. The van der Waals surface area contributed by atoms with Gasteiger partial charge >= 0.3 is 5.97 Å². The minimum atomic E-state index is -1.01. The molecule has 3 N–H and O–H groups in total. The molecular formula is C29H45N3O4. The van der Waals surface area contributed by atoms with Crippen LogP contribution in [0.2, 0.25) is 0 Å². The number of likely N-dealkylation sites (N-methyl/N-ethyl adjacent to an activating group) is 2. The first kappa shape index (κ1) is 29.6. The summed E-state index contributed by atoms with van der Waals surface area (Å²) in [6.45, 7) is 11.2. The van der Waals surface area contributed by atoms with Gasteiger partial charge in [0.05, 0.1) is 12.1 Å². The molecule has 0 spiro atoms. The molecule has 1 aliphatic carbocycles. The van der Waals surface area contributed by atoms with Crippen molar-refractivity contribution >= 4 is 17.8 Å². The van der Waals surface area contributed by atoms with Crippen LogP contribution in [0.25, 0.3) is 0 Å². The quantitative estimate of drug-likeness (QED) is 0.421. The smallest absolute Gasteiger partial charge is 0.331 e. The Labute approximate surface area is 216 Å². The Morgan fingerprint density at radius 1 is 1.08 bits per heavy atom. The maximum atomic E-state index is 13.9. The van der Waals surface area contributed by atoms with Gasteiger partial charge in [-0.25, -0.2) is 4.79 Å². The van der Waals surface area contributed by atoms with E-state index in [0.29, 0.717) is 0 Å². The van der Waals surface area contributed by atoms with Crippen molar-refractivity contribution in [2.45, 2.75) is 90.8 Å². The number of nitrogens with zero attached hydrogens (tertiary/aromatic N) is 1. The van der Waals surface area contributed by atoms with E-state index in [2.05, 4.69) is 22.8 Å². The van der Waals surface area contributed by atoms with Crippen molar-refractivity contribution in [3.05, 3.63) is 47.5 Å². The highest BCUT2D eigenvalue weighted by atomic mass is 16.4. The first-order chi connectivity index (χ1) is 16.8. The van der Waals surface area contributed by atoms with Crippen LogP contribution >= 0.6 is 0 Å². The van der Waals surface area contributed by atoms with Crippen molar-refractivity contribution in [1.29, 1.82) is 0 Å². The molecule has 2 amide bonds. The second-order valence-corrected chi connectivity index (χ2v) is 11.6. The summed E-state index contributed by atoms with van der Waals surface area (Å²) in [6, 6.07) is 8.50. The predicted molar refractivity (Wildman–Crippen MR) is 144 cm³/mol. The lowest BCUT2D eigenvalue weighted by Crippen LogP contribution is -2.62. The number of amides is 2. The summed E-state index contributed by atoms with van der Waals surface area (Å²) >= 11 is 0. The molecule has 2 rings (SSSR count). The summed E-state index contributed by atoms with van der Waals surface area (Å²) in [4.78, 5) is 40.7. The molecule has 1 saturated carbocycles. The van der Waals surface area contributed by atoms with Gasteiger partial charge in [-0.15, -0.1) is 0 Å². The summed E-state index contributed by atoms with van der Waals surface area (Å²) in [5, 5.41) is 15.7. The van der Waals surface area contributed by atoms with Crippen LogP contribution in [0.15, 0.2) is 42.0 Å². The highest BCUT2D eigenvalue weighted by molar-refractivity contribution is 5.92. The van der Waals surface area contributed by atoms with Crippen molar-refractivity contribution in [2.24, 2.45) is 11.3 Å². The summed E-state index contributed by atoms with van der Waals surface area (Å²) in [5.41, 5.74) is 0.439. The van der Waals surface area contributed by atoms with E-state index in [1.54, 1.807) is 18.0 Å². The van der Waals surface area contributed by atoms with E-state index in [9.17, 15) is 19.5 Å². The van der Waals surface area contributed by atoms with Crippen LogP contribution in [0.5, 0.6) is 0 Å². The molecule has 1 aromatic carbocycles. The fraction of sp³-hybridized carbons (Fsp3) is 0.621. The highest BCUT2D eigenvalue weighted by Crippen LogP contribution is 2.44. The Hall–Kier alpha value is -2.67. The predicted octanol–water partition coefficient (Wildman–Crippen LogP) is 4.13. The monoisotopic (exact) mass is 499 g/mol. The van der Waals surface area contributed by atoms with Crippen molar-refractivity contribution < 1.29 is 19.5 Å². The number of benzene rings is 1. The zero-order valence-electron chi connectivity index (χ0n) is 23.2. The van der Waals surface area contributed by atoms with Crippen molar-refractivity contribution in [3.8, 4) is 0 Å². The van der Waals surface area contributed by atoms with Gasteiger partial charge in [-0.05, 0) is 43.7 Å². The number of carboxylic acids is 1. The molecule has 1 aromatic rings. The molecule has 0 saturated heterocycles. The van der Waals surface area contributed by atoms with Gasteiger partial charge in [-0.2, -0.15) is 0 Å². The zero-order chi connectivity index (χ0) is 27.3. The second-order valence-electron chi connectivity index (χ2n) is 11.6. The van der Waals surface area contributed by atoms with E-state index in [-0.39, 0.29) is 28.7 Å². The maximum Gasteiger partial charge on any atom is 0.331 e. The van der Waals surface area contributed by atoms with E-state index < -0.39 is 29.5 Å². The standard InChI is InChI=1S/C29H45N3O4/c1-19(2)22(18-20(3)27(35)36)32(8)26(34)24(28(4,5)6)31-25(33)23(30-7)29(16-12-13-17-29)21-14-10-9-11-15-21/h9-11,14-15,18-19,22-24,30H,12-13,16-17H2,1-8H3,(H,31,33)(H,35,36)/b20-18+/t22-,23-,24-/m1/s1. The molecule has 0 aliphatic heterocycles. The summed E-state index contributed by atoms with van der Waals surface area (Å²) in [7, 11) is 3.49. The largest absolute Gasteiger partial charge is 0.478 e. The average molecular weight is 500 g/mol. The fourth-order valence-corrected chi connectivity index (χ4v) is 5.48. The van der Waals surface area contributed by atoms with Crippen LogP contribution in [0, 0.1) is 11.3 Å². The Balaban J connectivity index is 2.39. The van der Waals surface area contributed by atoms with Crippen LogP contribution in [-0.4, -0.2) is 60.0 Å². The lowest BCUT2D eigenvalue weighted by molar-refractivity contribution is -0.141. The normalized spacial score (nSPS) is 18.4. The molecule has 7 heteroatoms. The molecule has 0 bridgehead atoms. The van der Waals surface area contributed by atoms with Crippen LogP contribution < -0.4 is 10.6 Å². The average Bonchev–Trinajstić information content (AvgIpc) is 3.30. The van der Waals surface area contributed by atoms with Gasteiger partial charge < -0.3 is 20.6 Å². The molecular weight excluding hydrogens is 454 g/mol. The molecule has 1 aliphatic rings. The SMILES string of the molecule is CN[C@H](C(=O)N[C@H](C(=O)N(C)[C@H](/C=C(\C)C(=O)O)C(C)C)C(C)(C)C)C1(c2ccccc2)CCCC1. The molecule has 1 fully saturated rings. The fourth-order valence-electron chi connectivity index (χ4n) is 5.48. The lowest BCUT2D eigenvalue weighted by Gasteiger charge is -2.41. The van der Waals surface area contributed by atoms with E-state index in [4.69, 9.17) is 0 Å². The summed E-state index contributed by atoms with van der Waals surface area (Å²) < 4.78 is 0. The van der Waals surface area contributed by atoms with Crippen LogP contribution in [-0.2, 0) is 19.8 Å². The third kappa shape index (κ3) is 6.55. The van der Waals surface area contributed by atoms with Crippen molar-refractivity contribution in [3.63, 3.8) is 0 Å². The third-order valence-electron chi connectivity index (χ3n) is 7.58. The first-order valence-electron chi connectivity index (χ1n) is 13.0. The van der Waals surface area contributed by atoms with Crippen LogP contribution in [0.4, 0.5) is 0 Å². The molecule has 7 nitrogen and oxygen atoms in total. The van der Waals surface area contributed by atoms with Gasteiger partial charge in [0.25, 0.3) is 0 Å². The van der Waals surface area contributed by atoms with E-state index in [1.165, 1.54) is 6.92 Å². The maximum absolute atomic E-state index is 13.9. The Morgan fingerprint density at radius 3 is 2.08 bits per heavy atom. The molecule has 3 atom stereocenters. The Morgan fingerprint density at radius 2 is 1.64 bits per heavy atom. The molecule has 0 radical (unpaired) electrons. The zero-order valence-corrected chi connectivity index (χ0v) is 23.2. The minimum Gasteiger partial charge on any atom is -0.478 e. The van der Waals surface area contributed by atoms with Gasteiger partial charge in [-0.1, -0.05) is 83.9 Å². The molecule has 0 unspecified atom stereocenters. The van der Waals surface area contributed by atoms with E-state index in [1.807, 2.05) is 59.9 Å². The Bertz CT molecular complexity index is 943. The summed E-state index contributed by atoms with van der Waals surface area (Å²) in [5.74, 6) is -1.45. The van der Waals surface area contributed by atoms with Crippen LogP contribution in [0.3, 0.4) is 0 Å². The van der Waals surface area contributed by atoms with Gasteiger partial charge in [0.1, 0.15) is 6.04 Å². The second kappa shape index (κ2) is 12.0. The third-order valence-corrected chi connectivity index (χ3v) is 7.58. The number of hydrogen-bond acceptors (Lipinski definition) is 4. The van der Waals surface area contributed by atoms with Gasteiger partial charge in [0.15, 0.2) is 0 Å². The molecule has 36 heavy (non-hydrogen) atoms. The van der Waals surface area contributed by atoms with E-state index in [0.717, 1.165) is 31.2 Å². The lowest BCUT2D eigenvalue weighted by atomic mass is 9.72. The van der Waals surface area contributed by atoms with Crippen molar-refractivity contribution in [2.75, 3.05) is 14.1 Å². The molecule has 0 heterocycles. The minimum absolute atomic E-state index is 0.00512. The van der Waals surface area contributed by atoms with Crippen LogP contribution in [0.1, 0.15) is 72.8 Å². The van der Waals surface area contributed by atoms with Crippen molar-refractivity contribution in [1.82, 2.24) is 15.5 Å². The summed E-state index contributed by atoms with van der Waals surface area (Å²) in [6.07, 6.45) is 5.52. The van der Waals surface area contributed by atoms with E-state index >= 15 is 0 Å². The van der Waals surface area contributed by atoms with Gasteiger partial charge in [0, 0.05) is 18.0 Å². The number of carbonyl (C=O) groups excluding carboxylic acids is 2. The number of aliphatic carboxylic acids is 1. The molecule has 0 aromatic heterocycles. The first-order valence-corrected chi connectivity index (χ1v) is 13.0. The number of carbonyl (C=O) groups is 3. The van der Waals surface area contributed by atoms with Gasteiger partial charge in [0.2, 0.25) is 11.8 Å². The number of hydrogen-bond donors (Lipinski definition) is 3. The number of nitrogens with one attached hydrogen (secondary N) is 2. The number of rotatable bonds is 10.